The van der Waals surface area contributed by atoms with Gasteiger partial charge in [0.2, 0.25) is 5.91 Å². The minimum Gasteiger partial charge on any atom is -0.381 e. The summed E-state index contributed by atoms with van der Waals surface area (Å²) in [5.41, 5.74) is 4.98. The Labute approximate surface area is 117 Å². The van der Waals surface area contributed by atoms with E-state index in [-0.39, 0.29) is 6.54 Å². The van der Waals surface area contributed by atoms with E-state index in [4.69, 9.17) is 10.5 Å². The molecule has 5 N–H and O–H groups in total. The van der Waals surface area contributed by atoms with Crippen LogP contribution in [0.2, 0.25) is 0 Å². The monoisotopic (exact) mass is 283 g/mol. The maximum absolute atomic E-state index is 10.8. The molecular formula is C12H21N5O3. The number of hydrogen-bond acceptors (Lipinski definition) is 7. The molecule has 112 valence electrons. The molecule has 1 atom stereocenters. The molecule has 0 aliphatic rings. The van der Waals surface area contributed by atoms with E-state index in [9.17, 15) is 9.90 Å². The van der Waals surface area contributed by atoms with Crippen LogP contribution in [-0.4, -0.2) is 46.8 Å². The van der Waals surface area contributed by atoms with E-state index >= 15 is 0 Å². The summed E-state index contributed by atoms with van der Waals surface area (Å²) < 4.78 is 5.27. The third kappa shape index (κ3) is 5.37. The van der Waals surface area contributed by atoms with Gasteiger partial charge < -0.3 is 26.2 Å². The first-order valence-electron chi connectivity index (χ1n) is 6.47. The molecule has 20 heavy (non-hydrogen) atoms. The number of ether oxygens (including phenoxy) is 1. The number of nitrogens with one attached hydrogen (secondary N) is 2. The van der Waals surface area contributed by atoms with E-state index in [1.54, 1.807) is 6.07 Å². The molecule has 1 rings (SSSR count). The molecule has 0 radical (unpaired) electrons. The fourth-order valence-corrected chi connectivity index (χ4v) is 1.42. The number of amides is 1. The van der Waals surface area contributed by atoms with E-state index in [1.807, 2.05) is 13.8 Å². The Bertz CT molecular complexity index is 441. The summed E-state index contributed by atoms with van der Waals surface area (Å²) in [7, 11) is 0. The predicted molar refractivity (Wildman–Crippen MR) is 75.2 cm³/mol. The zero-order valence-electron chi connectivity index (χ0n) is 11.7. The molecule has 1 unspecified atom stereocenters. The van der Waals surface area contributed by atoms with Crippen molar-refractivity contribution >= 4 is 17.5 Å². The summed E-state index contributed by atoms with van der Waals surface area (Å²) in [6, 6.07) is 1.69. The first-order valence-corrected chi connectivity index (χ1v) is 6.47. The summed E-state index contributed by atoms with van der Waals surface area (Å²) in [5, 5.41) is 15.3. The molecule has 0 fully saturated rings. The third-order valence-corrected chi connectivity index (χ3v) is 2.37. The van der Waals surface area contributed by atoms with Gasteiger partial charge in [-0.3, -0.25) is 4.79 Å². The van der Waals surface area contributed by atoms with Gasteiger partial charge in [-0.15, -0.1) is 0 Å². The van der Waals surface area contributed by atoms with Crippen molar-refractivity contribution in [1.82, 2.24) is 9.97 Å². The number of carbonyl (C=O) groups is 1. The van der Waals surface area contributed by atoms with Crippen molar-refractivity contribution in [3.8, 4) is 0 Å². The molecule has 0 saturated heterocycles. The Morgan fingerprint density at radius 1 is 1.40 bits per heavy atom. The molecule has 8 nitrogen and oxygen atoms in total. The van der Waals surface area contributed by atoms with Gasteiger partial charge in [-0.05, 0) is 13.8 Å². The molecule has 1 amide bonds. The molecule has 1 aromatic rings. The Morgan fingerprint density at radius 3 is 2.60 bits per heavy atom. The van der Waals surface area contributed by atoms with E-state index in [0.29, 0.717) is 37.2 Å². The number of primary amides is 1. The van der Waals surface area contributed by atoms with Crippen LogP contribution in [0.15, 0.2) is 6.07 Å². The van der Waals surface area contributed by atoms with Crippen LogP contribution in [-0.2, 0) is 16.1 Å². The Kier molecular flexibility index (Phi) is 6.68. The molecule has 1 aromatic heterocycles. The van der Waals surface area contributed by atoms with Gasteiger partial charge in [0.15, 0.2) is 5.82 Å². The third-order valence-electron chi connectivity index (χ3n) is 2.37. The SMILES string of the molecule is CCNc1cc(NCC(O)C(N)=O)nc(COCC)n1. The lowest BCUT2D eigenvalue weighted by Crippen LogP contribution is -2.34. The molecule has 0 aliphatic carbocycles. The zero-order chi connectivity index (χ0) is 15.0. The minimum absolute atomic E-state index is 0.00795. The van der Waals surface area contributed by atoms with E-state index in [1.165, 1.54) is 0 Å². The van der Waals surface area contributed by atoms with Crippen LogP contribution in [0.25, 0.3) is 0 Å². The average Bonchev–Trinajstić information content (AvgIpc) is 2.42. The highest BCUT2D eigenvalue weighted by molar-refractivity contribution is 5.79. The molecule has 1 heterocycles. The summed E-state index contributed by atoms with van der Waals surface area (Å²) in [6.45, 7) is 5.41. The van der Waals surface area contributed by atoms with Gasteiger partial charge in [0, 0.05) is 19.2 Å². The largest absolute Gasteiger partial charge is 0.381 e. The van der Waals surface area contributed by atoms with Crippen LogP contribution in [0.3, 0.4) is 0 Å². The number of rotatable bonds is 9. The van der Waals surface area contributed by atoms with Crippen molar-refractivity contribution in [3.63, 3.8) is 0 Å². The normalized spacial score (nSPS) is 11.9. The maximum atomic E-state index is 10.8. The van der Waals surface area contributed by atoms with Crippen molar-refractivity contribution in [2.24, 2.45) is 5.73 Å². The number of carbonyl (C=O) groups excluding carboxylic acids is 1. The highest BCUT2D eigenvalue weighted by atomic mass is 16.5. The van der Waals surface area contributed by atoms with Gasteiger partial charge in [0.1, 0.15) is 24.3 Å². The van der Waals surface area contributed by atoms with Gasteiger partial charge in [0.25, 0.3) is 0 Å². The van der Waals surface area contributed by atoms with Gasteiger partial charge in [0.05, 0.1) is 6.54 Å². The van der Waals surface area contributed by atoms with E-state index < -0.39 is 12.0 Å². The zero-order valence-corrected chi connectivity index (χ0v) is 11.7. The number of aliphatic hydroxyl groups excluding tert-OH is 1. The van der Waals surface area contributed by atoms with Crippen LogP contribution in [0, 0.1) is 0 Å². The van der Waals surface area contributed by atoms with Crippen LogP contribution >= 0.6 is 0 Å². The summed E-state index contributed by atoms with van der Waals surface area (Å²) >= 11 is 0. The van der Waals surface area contributed by atoms with E-state index in [0.717, 1.165) is 0 Å². The standard InChI is InChI=1S/C12H21N5O3/c1-3-14-9-5-10(15-6-8(18)12(13)19)17-11(16-9)7-20-4-2/h5,8,18H,3-4,6-7H2,1-2H3,(H2,13,19)(H2,14,15,16,17). The Morgan fingerprint density at radius 2 is 2.05 bits per heavy atom. The van der Waals surface area contributed by atoms with Gasteiger partial charge in [-0.1, -0.05) is 0 Å². The summed E-state index contributed by atoms with van der Waals surface area (Å²) in [4.78, 5) is 19.3. The molecule has 0 aromatic carbocycles. The summed E-state index contributed by atoms with van der Waals surface area (Å²) in [6.07, 6.45) is -1.26. The smallest absolute Gasteiger partial charge is 0.248 e. The Balaban J connectivity index is 2.76. The predicted octanol–water partition coefficient (Wildman–Crippen LogP) is -0.297. The fraction of sp³-hybridized carbons (Fsp3) is 0.583. The van der Waals surface area contributed by atoms with Crippen molar-refractivity contribution in [1.29, 1.82) is 0 Å². The molecular weight excluding hydrogens is 262 g/mol. The van der Waals surface area contributed by atoms with Crippen molar-refractivity contribution in [3.05, 3.63) is 11.9 Å². The van der Waals surface area contributed by atoms with E-state index in [2.05, 4.69) is 20.6 Å². The molecule has 0 aliphatic heterocycles. The number of aromatic nitrogens is 2. The second-order valence-electron chi connectivity index (χ2n) is 4.02. The van der Waals surface area contributed by atoms with Crippen molar-refractivity contribution in [2.75, 3.05) is 30.3 Å². The van der Waals surface area contributed by atoms with Crippen LogP contribution < -0.4 is 16.4 Å². The highest BCUT2D eigenvalue weighted by Crippen LogP contribution is 2.12. The van der Waals surface area contributed by atoms with Gasteiger partial charge >= 0.3 is 0 Å². The number of hydrogen-bond donors (Lipinski definition) is 4. The number of nitrogens with zero attached hydrogens (tertiary/aromatic N) is 2. The minimum atomic E-state index is -1.26. The Hall–Kier alpha value is -1.93. The maximum Gasteiger partial charge on any atom is 0.248 e. The second-order valence-corrected chi connectivity index (χ2v) is 4.02. The van der Waals surface area contributed by atoms with Crippen LogP contribution in [0.4, 0.5) is 11.6 Å². The lowest BCUT2D eigenvalue weighted by Gasteiger charge is -2.12. The molecule has 0 bridgehead atoms. The fourth-order valence-electron chi connectivity index (χ4n) is 1.42. The average molecular weight is 283 g/mol. The van der Waals surface area contributed by atoms with Crippen molar-refractivity contribution in [2.45, 2.75) is 26.6 Å². The van der Waals surface area contributed by atoms with Crippen molar-refractivity contribution < 1.29 is 14.6 Å². The number of aliphatic hydroxyl groups is 1. The molecule has 0 spiro atoms. The van der Waals surface area contributed by atoms with Crippen LogP contribution in [0.5, 0.6) is 0 Å². The first-order chi connectivity index (χ1) is 9.56. The topological polar surface area (TPSA) is 122 Å². The second kappa shape index (κ2) is 8.28. The molecule has 8 heteroatoms. The number of nitrogens with two attached hydrogens (primary N) is 1. The van der Waals surface area contributed by atoms with Gasteiger partial charge in [-0.2, -0.15) is 0 Å². The lowest BCUT2D eigenvalue weighted by atomic mass is 10.3. The van der Waals surface area contributed by atoms with Crippen LogP contribution in [0.1, 0.15) is 19.7 Å². The quantitative estimate of drug-likeness (QED) is 0.491. The summed E-state index contributed by atoms with van der Waals surface area (Å²) in [5.74, 6) is 0.869. The highest BCUT2D eigenvalue weighted by Gasteiger charge is 2.11. The first kappa shape index (κ1) is 16.1. The molecule has 0 saturated carbocycles. The lowest BCUT2D eigenvalue weighted by molar-refractivity contribution is -0.125. The number of anilines is 2. The van der Waals surface area contributed by atoms with Gasteiger partial charge in [-0.25, -0.2) is 9.97 Å².